The highest BCUT2D eigenvalue weighted by Crippen LogP contribution is 2.31. The zero-order valence-electron chi connectivity index (χ0n) is 20.5. The molecule has 7 N–H and O–H groups in total. The summed E-state index contributed by atoms with van der Waals surface area (Å²) in [6.07, 6.45) is -0.849. The number of carbonyl (C=O) groups is 1. The Morgan fingerprint density at radius 3 is 2.28 bits per heavy atom. The first-order valence-corrected chi connectivity index (χ1v) is 15.1. The highest BCUT2D eigenvalue weighted by atomic mass is 32.2. The summed E-state index contributed by atoms with van der Waals surface area (Å²) < 4.78 is 53.8. The first kappa shape index (κ1) is 28.0. The normalized spacial score (nSPS) is 16.1. The van der Waals surface area contributed by atoms with Gasteiger partial charge < -0.3 is 10.1 Å². The van der Waals surface area contributed by atoms with Gasteiger partial charge in [0.05, 0.1) is 16.4 Å². The summed E-state index contributed by atoms with van der Waals surface area (Å²) in [6.45, 7) is 0. The molecule has 14 heteroatoms. The van der Waals surface area contributed by atoms with Gasteiger partial charge in [-0.2, -0.15) is 0 Å². The van der Waals surface area contributed by atoms with Gasteiger partial charge in [-0.15, -0.1) is 0 Å². The first-order valence-electron chi connectivity index (χ1n) is 11.7. The number of hydroxylamine groups is 1. The molecule has 1 aliphatic heterocycles. The van der Waals surface area contributed by atoms with E-state index in [2.05, 4.69) is 10.6 Å². The maximum Gasteiger partial charge on any atom is 0.413 e. The molecule has 1 saturated heterocycles. The fourth-order valence-corrected chi connectivity index (χ4v) is 6.45. The van der Waals surface area contributed by atoms with Crippen LogP contribution < -0.4 is 21.3 Å². The molecular formula is C25H27N5O7S2. The molecule has 0 atom stereocenters. The van der Waals surface area contributed by atoms with E-state index >= 15 is 0 Å². The molecule has 0 saturated carbocycles. The molecule has 0 radical (unpaired) electrons. The van der Waals surface area contributed by atoms with Crippen LogP contribution in [-0.4, -0.2) is 51.2 Å². The Labute approximate surface area is 225 Å². The molecule has 0 aromatic heterocycles. The number of nitrogens with one attached hydrogen (secondary N) is 4. The standard InChI is InChI=1S/C25H27N5O7S2/c26-23(30-32)18-4-3-5-20(16-18)29-25(12-14-38(33,34)15-13-25)37-24(31)28-19-10-8-17(9-11-19)21-6-1-2-7-22(21)39(27,35)36/h1-11,16,29,32H,12-15H2,(H2,26,30)(H,28,31)(H2,27,35,36). The number of benzene rings is 3. The minimum Gasteiger partial charge on any atom is -0.423 e. The van der Waals surface area contributed by atoms with E-state index < -0.39 is 31.7 Å². The van der Waals surface area contributed by atoms with E-state index in [9.17, 15) is 21.6 Å². The number of amidine groups is 1. The van der Waals surface area contributed by atoms with Crippen LogP contribution in [0.25, 0.3) is 11.1 Å². The average Bonchev–Trinajstić information content (AvgIpc) is 2.90. The number of hydrogen-bond acceptors (Lipinski definition) is 9. The van der Waals surface area contributed by atoms with Crippen molar-refractivity contribution in [2.45, 2.75) is 23.5 Å². The highest BCUT2D eigenvalue weighted by Gasteiger charge is 2.41. The third kappa shape index (κ3) is 6.92. The second-order valence-corrected chi connectivity index (χ2v) is 12.8. The molecule has 12 nitrogen and oxygen atoms in total. The van der Waals surface area contributed by atoms with Crippen molar-refractivity contribution < 1.29 is 31.6 Å². The molecule has 4 rings (SSSR count). The smallest absolute Gasteiger partial charge is 0.413 e. The maximum atomic E-state index is 12.9. The zero-order valence-corrected chi connectivity index (χ0v) is 22.2. The van der Waals surface area contributed by atoms with Gasteiger partial charge in [-0.25, -0.2) is 26.8 Å². The van der Waals surface area contributed by atoms with Gasteiger partial charge in [-0.05, 0) is 35.9 Å². The lowest BCUT2D eigenvalue weighted by atomic mass is 10.1. The van der Waals surface area contributed by atoms with Crippen molar-refractivity contribution in [3.8, 4) is 11.1 Å². The minimum atomic E-state index is -3.94. The van der Waals surface area contributed by atoms with Crippen LogP contribution in [0.3, 0.4) is 0 Å². The number of ether oxygens (including phenoxy) is 1. The number of hydrogen-bond donors (Lipinski definition) is 6. The van der Waals surface area contributed by atoms with Crippen molar-refractivity contribution in [2.24, 2.45) is 5.14 Å². The predicted octanol–water partition coefficient (Wildman–Crippen LogP) is 2.87. The lowest BCUT2D eigenvalue weighted by Crippen LogP contribution is -2.49. The van der Waals surface area contributed by atoms with Crippen molar-refractivity contribution in [3.63, 3.8) is 0 Å². The van der Waals surface area contributed by atoms with Crippen molar-refractivity contribution >= 4 is 43.2 Å². The van der Waals surface area contributed by atoms with Gasteiger partial charge >= 0.3 is 6.09 Å². The Bertz CT molecular complexity index is 1590. The number of rotatable bonds is 7. The Morgan fingerprint density at radius 1 is 0.974 bits per heavy atom. The highest BCUT2D eigenvalue weighted by molar-refractivity contribution is 7.91. The third-order valence-corrected chi connectivity index (χ3v) is 8.81. The number of amides is 1. The fourth-order valence-electron chi connectivity index (χ4n) is 4.21. The molecule has 206 valence electrons. The van der Waals surface area contributed by atoms with Crippen LogP contribution in [0.15, 0.2) is 77.7 Å². The molecule has 1 heterocycles. The van der Waals surface area contributed by atoms with Crippen LogP contribution >= 0.6 is 0 Å². The van der Waals surface area contributed by atoms with Crippen molar-refractivity contribution in [2.75, 3.05) is 22.1 Å². The number of carbonyl (C=O) groups excluding carboxylic acids is 1. The van der Waals surface area contributed by atoms with Crippen molar-refractivity contribution in [1.82, 2.24) is 5.48 Å². The summed E-state index contributed by atoms with van der Waals surface area (Å²) in [5.41, 5.74) is 2.56. The SMILES string of the molecule is N=C(NO)c1cccc(NC2(OC(=O)Nc3ccc(-c4ccccc4S(N)(=O)=O)cc3)CCS(=O)(=O)CC2)c1. The summed E-state index contributed by atoms with van der Waals surface area (Å²) in [6, 6.07) is 19.1. The molecule has 1 fully saturated rings. The Hall–Kier alpha value is -3.98. The van der Waals surface area contributed by atoms with E-state index in [0.717, 1.165) is 0 Å². The van der Waals surface area contributed by atoms with E-state index in [1.807, 2.05) is 0 Å². The number of sulfone groups is 1. The monoisotopic (exact) mass is 573 g/mol. The third-order valence-electron chi connectivity index (χ3n) is 6.19. The van der Waals surface area contributed by atoms with Crippen LogP contribution in [0.4, 0.5) is 16.2 Å². The topological polar surface area (TPSA) is 201 Å². The summed E-state index contributed by atoms with van der Waals surface area (Å²) in [4.78, 5) is 12.9. The zero-order chi connectivity index (χ0) is 28.3. The summed E-state index contributed by atoms with van der Waals surface area (Å²) in [5.74, 6) is -0.633. The van der Waals surface area contributed by atoms with Gasteiger partial charge in [0.1, 0.15) is 5.84 Å². The molecule has 3 aromatic rings. The largest absolute Gasteiger partial charge is 0.423 e. The summed E-state index contributed by atoms with van der Waals surface area (Å²) in [5, 5.41) is 27.8. The molecule has 3 aromatic carbocycles. The molecular weight excluding hydrogens is 546 g/mol. The van der Waals surface area contributed by atoms with Gasteiger partial charge in [0, 0.05) is 35.3 Å². The molecule has 0 aliphatic carbocycles. The second-order valence-electron chi connectivity index (χ2n) is 8.97. The maximum absolute atomic E-state index is 12.9. The molecule has 0 spiro atoms. The van der Waals surface area contributed by atoms with Gasteiger partial charge in [0.15, 0.2) is 15.6 Å². The number of nitrogens with two attached hydrogens (primary N) is 1. The van der Waals surface area contributed by atoms with E-state index in [0.29, 0.717) is 28.1 Å². The number of sulfonamides is 1. The molecule has 1 amide bonds. The Balaban J connectivity index is 1.52. The van der Waals surface area contributed by atoms with Crippen LogP contribution in [0.1, 0.15) is 18.4 Å². The predicted molar refractivity (Wildman–Crippen MR) is 146 cm³/mol. The van der Waals surface area contributed by atoms with Crippen LogP contribution in [0, 0.1) is 5.41 Å². The fraction of sp³-hybridized carbons (Fsp3) is 0.200. The van der Waals surface area contributed by atoms with E-state index in [4.69, 9.17) is 20.5 Å². The van der Waals surface area contributed by atoms with Crippen molar-refractivity contribution in [1.29, 1.82) is 5.41 Å². The molecule has 0 unspecified atom stereocenters. The van der Waals surface area contributed by atoms with Gasteiger partial charge in [-0.1, -0.05) is 42.5 Å². The van der Waals surface area contributed by atoms with Gasteiger partial charge in [0.2, 0.25) is 10.0 Å². The molecule has 39 heavy (non-hydrogen) atoms. The number of primary sulfonamides is 1. The summed E-state index contributed by atoms with van der Waals surface area (Å²) in [7, 11) is -7.24. The van der Waals surface area contributed by atoms with Crippen molar-refractivity contribution in [3.05, 3.63) is 78.4 Å². The Morgan fingerprint density at radius 2 is 1.64 bits per heavy atom. The first-order chi connectivity index (χ1) is 18.4. The minimum absolute atomic E-state index is 0.00797. The van der Waals surface area contributed by atoms with E-state index in [-0.39, 0.29) is 35.1 Å². The molecule has 1 aliphatic rings. The molecule has 0 bridgehead atoms. The quantitative estimate of drug-likeness (QED) is 0.106. The lowest BCUT2D eigenvalue weighted by Gasteiger charge is -2.37. The summed E-state index contributed by atoms with van der Waals surface area (Å²) >= 11 is 0. The van der Waals surface area contributed by atoms with Gasteiger partial charge in [-0.3, -0.25) is 21.4 Å². The lowest BCUT2D eigenvalue weighted by molar-refractivity contribution is 0.0341. The Kier molecular flexibility index (Phi) is 7.92. The van der Waals surface area contributed by atoms with E-state index in [1.165, 1.54) is 6.07 Å². The van der Waals surface area contributed by atoms with E-state index in [1.54, 1.807) is 72.2 Å². The second kappa shape index (κ2) is 11.0. The van der Waals surface area contributed by atoms with Crippen LogP contribution in [0.2, 0.25) is 0 Å². The number of anilines is 2. The van der Waals surface area contributed by atoms with Crippen LogP contribution in [-0.2, 0) is 24.6 Å². The average molecular weight is 574 g/mol. The van der Waals surface area contributed by atoms with Gasteiger partial charge in [0.25, 0.3) is 0 Å². The van der Waals surface area contributed by atoms with Crippen LogP contribution in [0.5, 0.6) is 0 Å².